The zero-order chi connectivity index (χ0) is 16.2. The fourth-order valence-electron chi connectivity index (χ4n) is 2.41. The van der Waals surface area contributed by atoms with Crippen LogP contribution in [0, 0.1) is 5.82 Å². The molecule has 23 heavy (non-hydrogen) atoms. The van der Waals surface area contributed by atoms with E-state index in [4.69, 9.17) is 0 Å². The van der Waals surface area contributed by atoms with Crippen molar-refractivity contribution in [3.63, 3.8) is 0 Å². The molecule has 0 aliphatic heterocycles. The van der Waals surface area contributed by atoms with Crippen LogP contribution in [0.2, 0.25) is 0 Å². The lowest BCUT2D eigenvalue weighted by Crippen LogP contribution is -2.29. The van der Waals surface area contributed by atoms with E-state index in [0.717, 1.165) is 16.6 Å². The van der Waals surface area contributed by atoms with E-state index in [-0.39, 0.29) is 24.7 Å². The second kappa shape index (κ2) is 6.58. The molecule has 0 fully saturated rings. The van der Waals surface area contributed by atoms with Crippen molar-refractivity contribution in [3.05, 3.63) is 65.7 Å². The Bertz CT molecular complexity index is 814. The maximum atomic E-state index is 12.8. The molecule has 0 aliphatic rings. The summed E-state index contributed by atoms with van der Waals surface area (Å²) in [5.41, 5.74) is 2.14. The minimum atomic E-state index is -0.871. The van der Waals surface area contributed by atoms with Crippen LogP contribution in [0.1, 0.15) is 17.2 Å². The molecule has 1 amide bonds. The Balaban J connectivity index is 1.58. The Labute approximate surface area is 132 Å². The van der Waals surface area contributed by atoms with Crippen molar-refractivity contribution in [1.29, 1.82) is 0 Å². The van der Waals surface area contributed by atoms with E-state index in [2.05, 4.69) is 15.3 Å². The number of nitrogens with one attached hydrogen (secondary N) is 2. The van der Waals surface area contributed by atoms with E-state index in [1.807, 2.05) is 12.1 Å². The van der Waals surface area contributed by atoms with Gasteiger partial charge in [-0.3, -0.25) is 4.79 Å². The molecule has 2 heterocycles. The van der Waals surface area contributed by atoms with Gasteiger partial charge in [0, 0.05) is 24.3 Å². The Morgan fingerprint density at radius 3 is 2.87 bits per heavy atom. The van der Waals surface area contributed by atoms with E-state index in [9.17, 15) is 14.3 Å². The topological polar surface area (TPSA) is 78.0 Å². The first-order valence-corrected chi connectivity index (χ1v) is 7.24. The first kappa shape index (κ1) is 15.2. The predicted molar refractivity (Wildman–Crippen MR) is 84.2 cm³/mol. The van der Waals surface area contributed by atoms with Gasteiger partial charge in [-0.1, -0.05) is 12.1 Å². The summed E-state index contributed by atoms with van der Waals surface area (Å²) >= 11 is 0. The number of aliphatic hydroxyl groups is 1. The van der Waals surface area contributed by atoms with Gasteiger partial charge in [-0.05, 0) is 35.4 Å². The van der Waals surface area contributed by atoms with Crippen LogP contribution in [0.15, 0.2) is 48.8 Å². The lowest BCUT2D eigenvalue weighted by Gasteiger charge is -2.12. The van der Waals surface area contributed by atoms with Crippen molar-refractivity contribution >= 4 is 16.9 Å². The molecule has 1 atom stereocenters. The number of halogens is 1. The van der Waals surface area contributed by atoms with Crippen LogP contribution in [-0.4, -0.2) is 27.5 Å². The van der Waals surface area contributed by atoms with Crippen LogP contribution >= 0.6 is 0 Å². The number of aromatic amines is 1. The summed E-state index contributed by atoms with van der Waals surface area (Å²) in [5, 5.41) is 13.6. The Morgan fingerprint density at radius 2 is 2.09 bits per heavy atom. The average molecular weight is 313 g/mol. The van der Waals surface area contributed by atoms with E-state index >= 15 is 0 Å². The highest BCUT2D eigenvalue weighted by atomic mass is 19.1. The molecule has 3 aromatic rings. The number of hydrogen-bond donors (Lipinski definition) is 3. The predicted octanol–water partition coefficient (Wildman–Crippen LogP) is 2.09. The lowest BCUT2D eigenvalue weighted by atomic mass is 10.1. The highest BCUT2D eigenvalue weighted by molar-refractivity contribution is 5.87. The maximum Gasteiger partial charge on any atom is 0.224 e. The summed E-state index contributed by atoms with van der Waals surface area (Å²) in [4.78, 5) is 19.2. The number of fused-ring (bicyclic) bond motifs is 1. The summed E-state index contributed by atoms with van der Waals surface area (Å²) in [6.07, 6.45) is 2.77. The van der Waals surface area contributed by atoms with Crippen molar-refractivity contribution < 1.29 is 14.3 Å². The maximum absolute atomic E-state index is 12.8. The third-order valence-corrected chi connectivity index (χ3v) is 3.64. The number of carbonyl (C=O) groups excluding carboxylic acids is 1. The molecule has 5 nitrogen and oxygen atoms in total. The fraction of sp³-hybridized carbons (Fsp3) is 0.176. The third kappa shape index (κ3) is 3.54. The molecule has 0 radical (unpaired) electrons. The summed E-state index contributed by atoms with van der Waals surface area (Å²) in [6.45, 7) is 0.0745. The van der Waals surface area contributed by atoms with Crippen molar-refractivity contribution in [2.45, 2.75) is 12.5 Å². The molecule has 0 bridgehead atoms. The number of hydrogen-bond acceptors (Lipinski definition) is 3. The Hall–Kier alpha value is -2.73. The van der Waals surface area contributed by atoms with Crippen LogP contribution in [0.5, 0.6) is 0 Å². The molecule has 0 saturated heterocycles. The SMILES string of the molecule is O=C(Cc1c[nH]c2ncccc12)NCC(O)c1ccc(F)cc1. The molecule has 1 unspecified atom stereocenters. The minimum absolute atomic E-state index is 0.0745. The third-order valence-electron chi connectivity index (χ3n) is 3.64. The van der Waals surface area contributed by atoms with E-state index < -0.39 is 6.10 Å². The molecule has 0 saturated carbocycles. The zero-order valence-corrected chi connectivity index (χ0v) is 12.3. The number of aromatic nitrogens is 2. The molecule has 118 valence electrons. The molecule has 0 aliphatic carbocycles. The quantitative estimate of drug-likeness (QED) is 0.675. The number of carbonyl (C=O) groups is 1. The van der Waals surface area contributed by atoms with Gasteiger partial charge in [-0.15, -0.1) is 0 Å². The van der Waals surface area contributed by atoms with Gasteiger partial charge in [0.05, 0.1) is 12.5 Å². The van der Waals surface area contributed by atoms with Crippen molar-refractivity contribution in [2.24, 2.45) is 0 Å². The summed E-state index contributed by atoms with van der Waals surface area (Å²) in [5.74, 6) is -0.561. The Morgan fingerprint density at radius 1 is 1.30 bits per heavy atom. The monoisotopic (exact) mass is 313 g/mol. The second-order valence-corrected chi connectivity index (χ2v) is 5.26. The van der Waals surface area contributed by atoms with Crippen LogP contribution in [-0.2, 0) is 11.2 Å². The molecular formula is C17H16FN3O2. The van der Waals surface area contributed by atoms with Crippen molar-refractivity contribution in [3.8, 4) is 0 Å². The zero-order valence-electron chi connectivity index (χ0n) is 12.3. The van der Waals surface area contributed by atoms with Crippen LogP contribution in [0.3, 0.4) is 0 Å². The molecular weight excluding hydrogens is 297 g/mol. The molecule has 6 heteroatoms. The first-order valence-electron chi connectivity index (χ1n) is 7.24. The molecule has 0 spiro atoms. The number of rotatable bonds is 5. The van der Waals surface area contributed by atoms with E-state index in [0.29, 0.717) is 5.56 Å². The number of pyridine rings is 1. The van der Waals surface area contributed by atoms with Gasteiger partial charge in [0.15, 0.2) is 0 Å². The van der Waals surface area contributed by atoms with E-state index in [1.165, 1.54) is 24.3 Å². The largest absolute Gasteiger partial charge is 0.387 e. The molecule has 3 rings (SSSR count). The van der Waals surface area contributed by atoms with Crippen molar-refractivity contribution in [1.82, 2.24) is 15.3 Å². The molecule has 2 aromatic heterocycles. The van der Waals surface area contributed by atoms with Gasteiger partial charge in [-0.2, -0.15) is 0 Å². The summed E-state index contributed by atoms with van der Waals surface area (Å²) in [6, 6.07) is 9.26. The van der Waals surface area contributed by atoms with E-state index in [1.54, 1.807) is 12.4 Å². The summed E-state index contributed by atoms with van der Waals surface area (Å²) < 4.78 is 12.8. The van der Waals surface area contributed by atoms with Gasteiger partial charge in [-0.25, -0.2) is 9.37 Å². The van der Waals surface area contributed by atoms with Crippen LogP contribution in [0.4, 0.5) is 4.39 Å². The normalized spacial score (nSPS) is 12.3. The fourth-order valence-corrected chi connectivity index (χ4v) is 2.41. The van der Waals surface area contributed by atoms with Crippen molar-refractivity contribution in [2.75, 3.05) is 6.54 Å². The van der Waals surface area contributed by atoms with Gasteiger partial charge in [0.2, 0.25) is 5.91 Å². The number of aliphatic hydroxyl groups excluding tert-OH is 1. The van der Waals surface area contributed by atoms with Gasteiger partial charge >= 0.3 is 0 Å². The second-order valence-electron chi connectivity index (χ2n) is 5.26. The number of nitrogens with zero attached hydrogens (tertiary/aromatic N) is 1. The number of amides is 1. The molecule has 1 aromatic carbocycles. The lowest BCUT2D eigenvalue weighted by molar-refractivity contribution is -0.120. The highest BCUT2D eigenvalue weighted by Crippen LogP contribution is 2.16. The van der Waals surface area contributed by atoms with Gasteiger partial charge in [0.25, 0.3) is 0 Å². The minimum Gasteiger partial charge on any atom is -0.387 e. The summed E-state index contributed by atoms with van der Waals surface area (Å²) in [7, 11) is 0. The van der Waals surface area contributed by atoms with Crippen LogP contribution in [0.25, 0.3) is 11.0 Å². The standard InChI is InChI=1S/C17H16FN3O2/c18-13-5-3-11(4-6-13)15(22)10-20-16(23)8-12-9-21-17-14(12)2-1-7-19-17/h1-7,9,15,22H,8,10H2,(H,19,21)(H,20,23). The Kier molecular flexibility index (Phi) is 4.34. The van der Waals surface area contributed by atoms with Gasteiger partial charge < -0.3 is 15.4 Å². The molecule has 3 N–H and O–H groups in total. The number of benzene rings is 1. The van der Waals surface area contributed by atoms with Gasteiger partial charge in [0.1, 0.15) is 11.5 Å². The number of H-pyrrole nitrogens is 1. The first-order chi connectivity index (χ1) is 11.1. The smallest absolute Gasteiger partial charge is 0.224 e. The highest BCUT2D eigenvalue weighted by Gasteiger charge is 2.12. The average Bonchev–Trinajstić information content (AvgIpc) is 2.96. The van der Waals surface area contributed by atoms with Crippen LogP contribution < -0.4 is 5.32 Å².